The van der Waals surface area contributed by atoms with Gasteiger partial charge in [0.05, 0.1) is 19.4 Å². The van der Waals surface area contributed by atoms with Crippen molar-refractivity contribution in [1.82, 2.24) is 10.2 Å². The molecule has 0 radical (unpaired) electrons. The summed E-state index contributed by atoms with van der Waals surface area (Å²) in [6.45, 7) is 2.07. The van der Waals surface area contributed by atoms with Crippen LogP contribution in [0.3, 0.4) is 0 Å². The second-order valence-electron chi connectivity index (χ2n) is 6.11. The van der Waals surface area contributed by atoms with Crippen LogP contribution in [0, 0.1) is 5.92 Å². The van der Waals surface area contributed by atoms with Crippen molar-refractivity contribution in [1.29, 1.82) is 0 Å². The molecule has 4 nitrogen and oxygen atoms in total. The molecule has 2 fully saturated rings. The minimum Gasteiger partial charge on any atom is -0.467 e. The van der Waals surface area contributed by atoms with E-state index in [0.29, 0.717) is 19.1 Å². The lowest BCUT2D eigenvalue weighted by atomic mass is 10.2. The Morgan fingerprint density at radius 3 is 2.75 bits per heavy atom. The molecule has 0 aromatic carbocycles. The molecule has 1 heterocycles. The van der Waals surface area contributed by atoms with Crippen molar-refractivity contribution in [2.45, 2.75) is 51.1 Å². The van der Waals surface area contributed by atoms with Gasteiger partial charge in [-0.3, -0.25) is 4.79 Å². The van der Waals surface area contributed by atoms with Gasteiger partial charge < -0.3 is 14.6 Å². The molecule has 0 bridgehead atoms. The molecule has 1 amide bonds. The van der Waals surface area contributed by atoms with Crippen LogP contribution in [0.4, 0.5) is 0 Å². The van der Waals surface area contributed by atoms with E-state index in [1.807, 2.05) is 17.0 Å². The lowest BCUT2D eigenvalue weighted by Gasteiger charge is -2.28. The quantitative estimate of drug-likeness (QED) is 0.832. The number of nitrogens with one attached hydrogen (secondary N) is 1. The Bertz CT molecular complexity index is 420. The molecule has 4 heteroatoms. The first-order valence-corrected chi connectivity index (χ1v) is 7.85. The Kier molecular flexibility index (Phi) is 4.41. The molecular formula is C16H24N2O2. The first-order chi connectivity index (χ1) is 9.83. The van der Waals surface area contributed by atoms with Gasteiger partial charge in [0.2, 0.25) is 5.91 Å². The van der Waals surface area contributed by atoms with E-state index in [1.165, 1.54) is 25.7 Å². The number of hydrogen-bond acceptors (Lipinski definition) is 3. The maximum absolute atomic E-state index is 12.5. The number of nitrogens with zero attached hydrogens (tertiary/aromatic N) is 1. The second-order valence-corrected chi connectivity index (χ2v) is 6.11. The van der Waals surface area contributed by atoms with Crippen LogP contribution < -0.4 is 5.32 Å². The number of furan rings is 1. The smallest absolute Gasteiger partial charge is 0.237 e. The van der Waals surface area contributed by atoms with Crippen LogP contribution in [-0.2, 0) is 11.3 Å². The van der Waals surface area contributed by atoms with E-state index in [1.54, 1.807) is 6.26 Å². The van der Waals surface area contributed by atoms with E-state index in [0.717, 1.165) is 31.1 Å². The number of rotatable bonds is 7. The molecule has 0 saturated heterocycles. The van der Waals surface area contributed by atoms with Crippen LogP contribution in [0.5, 0.6) is 0 Å². The van der Waals surface area contributed by atoms with Gasteiger partial charge in [0.1, 0.15) is 5.76 Å². The van der Waals surface area contributed by atoms with Crippen molar-refractivity contribution in [3.63, 3.8) is 0 Å². The summed E-state index contributed by atoms with van der Waals surface area (Å²) in [5, 5.41) is 3.31. The minimum absolute atomic E-state index is 0.217. The van der Waals surface area contributed by atoms with Crippen LogP contribution in [0.1, 0.15) is 44.3 Å². The van der Waals surface area contributed by atoms with Crippen LogP contribution in [0.25, 0.3) is 0 Å². The lowest BCUT2D eigenvalue weighted by Crippen LogP contribution is -2.43. The van der Waals surface area contributed by atoms with E-state index in [9.17, 15) is 4.79 Å². The largest absolute Gasteiger partial charge is 0.467 e. The molecule has 1 aromatic rings. The highest BCUT2D eigenvalue weighted by molar-refractivity contribution is 5.78. The van der Waals surface area contributed by atoms with E-state index in [2.05, 4.69) is 5.32 Å². The van der Waals surface area contributed by atoms with Crippen LogP contribution in [0.15, 0.2) is 22.8 Å². The number of carbonyl (C=O) groups is 1. The SMILES string of the molecule is O=C(CNCC1CC1)N(Cc1ccco1)C1CCCC1. The predicted octanol–water partition coefficient (Wildman–Crippen LogP) is 2.55. The highest BCUT2D eigenvalue weighted by atomic mass is 16.3. The van der Waals surface area contributed by atoms with Gasteiger partial charge in [-0.25, -0.2) is 0 Å². The normalized spacial score (nSPS) is 19.4. The molecule has 0 aliphatic heterocycles. The monoisotopic (exact) mass is 276 g/mol. The fourth-order valence-corrected chi connectivity index (χ4v) is 3.01. The molecule has 2 aliphatic rings. The zero-order chi connectivity index (χ0) is 13.8. The summed E-state index contributed by atoms with van der Waals surface area (Å²) in [6, 6.07) is 4.24. The van der Waals surface area contributed by atoms with Gasteiger partial charge in [-0.2, -0.15) is 0 Å². The molecule has 0 spiro atoms. The van der Waals surface area contributed by atoms with Gasteiger partial charge in [0.25, 0.3) is 0 Å². The van der Waals surface area contributed by atoms with Gasteiger partial charge in [-0.05, 0) is 50.3 Å². The summed E-state index contributed by atoms with van der Waals surface area (Å²) < 4.78 is 5.41. The molecule has 2 aliphatic carbocycles. The Morgan fingerprint density at radius 1 is 1.30 bits per heavy atom. The van der Waals surface area contributed by atoms with Gasteiger partial charge in [0.15, 0.2) is 0 Å². The Hall–Kier alpha value is -1.29. The van der Waals surface area contributed by atoms with Crippen molar-refractivity contribution >= 4 is 5.91 Å². The fraction of sp³-hybridized carbons (Fsp3) is 0.688. The number of carbonyl (C=O) groups excluding carboxylic acids is 1. The minimum atomic E-state index is 0.217. The topological polar surface area (TPSA) is 45.5 Å². The maximum Gasteiger partial charge on any atom is 0.237 e. The van der Waals surface area contributed by atoms with Crippen molar-refractivity contribution in [3.8, 4) is 0 Å². The number of hydrogen-bond donors (Lipinski definition) is 1. The summed E-state index contributed by atoms with van der Waals surface area (Å²) in [5.74, 6) is 1.91. The molecule has 20 heavy (non-hydrogen) atoms. The summed E-state index contributed by atoms with van der Waals surface area (Å²) in [5.41, 5.74) is 0. The summed E-state index contributed by atoms with van der Waals surface area (Å²) in [7, 11) is 0. The molecule has 0 atom stereocenters. The molecule has 1 N–H and O–H groups in total. The number of amides is 1. The van der Waals surface area contributed by atoms with Crippen LogP contribution in [-0.4, -0.2) is 29.9 Å². The van der Waals surface area contributed by atoms with Gasteiger partial charge in [0, 0.05) is 6.04 Å². The third kappa shape index (κ3) is 3.63. The van der Waals surface area contributed by atoms with E-state index in [-0.39, 0.29) is 5.91 Å². The standard InChI is InChI=1S/C16H24N2O2/c19-16(11-17-10-13-7-8-13)18(14-4-1-2-5-14)12-15-6-3-9-20-15/h3,6,9,13-14,17H,1-2,4-5,7-8,10-12H2. The van der Waals surface area contributed by atoms with E-state index in [4.69, 9.17) is 4.42 Å². The van der Waals surface area contributed by atoms with Crippen LogP contribution >= 0.6 is 0 Å². The van der Waals surface area contributed by atoms with Gasteiger partial charge in [-0.15, -0.1) is 0 Å². The molecule has 110 valence electrons. The first-order valence-electron chi connectivity index (χ1n) is 7.85. The zero-order valence-electron chi connectivity index (χ0n) is 12.0. The van der Waals surface area contributed by atoms with Gasteiger partial charge in [-0.1, -0.05) is 12.8 Å². The molecule has 1 aromatic heterocycles. The van der Waals surface area contributed by atoms with E-state index >= 15 is 0 Å². The highest BCUT2D eigenvalue weighted by Crippen LogP contribution is 2.28. The van der Waals surface area contributed by atoms with Crippen molar-refractivity contribution < 1.29 is 9.21 Å². The van der Waals surface area contributed by atoms with Crippen molar-refractivity contribution in [3.05, 3.63) is 24.2 Å². The maximum atomic E-state index is 12.5. The van der Waals surface area contributed by atoms with E-state index < -0.39 is 0 Å². The summed E-state index contributed by atoms with van der Waals surface area (Å²) >= 11 is 0. The fourth-order valence-electron chi connectivity index (χ4n) is 3.01. The molecular weight excluding hydrogens is 252 g/mol. The predicted molar refractivity (Wildman–Crippen MR) is 77.1 cm³/mol. The molecule has 0 unspecified atom stereocenters. The lowest BCUT2D eigenvalue weighted by molar-refractivity contribution is -0.133. The molecule has 3 rings (SSSR count). The average Bonchev–Trinajstić information content (AvgIpc) is 2.95. The van der Waals surface area contributed by atoms with Crippen molar-refractivity contribution in [2.75, 3.05) is 13.1 Å². The zero-order valence-corrected chi connectivity index (χ0v) is 12.0. The Morgan fingerprint density at radius 2 is 2.10 bits per heavy atom. The Balaban J connectivity index is 1.56. The molecule has 2 saturated carbocycles. The van der Waals surface area contributed by atoms with Gasteiger partial charge >= 0.3 is 0 Å². The average molecular weight is 276 g/mol. The summed E-state index contributed by atoms with van der Waals surface area (Å²) in [4.78, 5) is 14.5. The first kappa shape index (κ1) is 13.7. The second kappa shape index (κ2) is 6.44. The van der Waals surface area contributed by atoms with Crippen LogP contribution in [0.2, 0.25) is 0 Å². The third-order valence-corrected chi connectivity index (χ3v) is 4.40. The highest BCUT2D eigenvalue weighted by Gasteiger charge is 2.27. The summed E-state index contributed by atoms with van der Waals surface area (Å²) in [6.07, 6.45) is 9.06. The third-order valence-electron chi connectivity index (χ3n) is 4.40. The van der Waals surface area contributed by atoms with Crippen molar-refractivity contribution in [2.24, 2.45) is 5.92 Å². The Labute approximate surface area is 120 Å².